The van der Waals surface area contributed by atoms with Crippen molar-refractivity contribution in [2.75, 3.05) is 10.0 Å². The second-order valence-corrected chi connectivity index (χ2v) is 8.39. The molecule has 3 rings (SSSR count). The molecule has 146 valence electrons. The topological polar surface area (TPSA) is 93.1 Å². The summed E-state index contributed by atoms with van der Waals surface area (Å²) >= 11 is 0. The Balaban J connectivity index is 1.83. The average molecular weight is 398 g/mol. The molecule has 7 nitrogen and oxygen atoms in total. The SMILES string of the molecule is Cc1cccc(NS(=O)(=O)c2cccc(C(=O)Nc3ccnn3C(C)C)c2)c1. The van der Waals surface area contributed by atoms with Gasteiger partial charge in [-0.2, -0.15) is 5.10 Å². The van der Waals surface area contributed by atoms with Gasteiger partial charge in [0.25, 0.3) is 15.9 Å². The van der Waals surface area contributed by atoms with Crippen molar-refractivity contribution >= 4 is 27.4 Å². The molecule has 0 atom stereocenters. The van der Waals surface area contributed by atoms with Crippen LogP contribution < -0.4 is 10.0 Å². The lowest BCUT2D eigenvalue weighted by Crippen LogP contribution is -2.18. The fourth-order valence-electron chi connectivity index (χ4n) is 2.74. The van der Waals surface area contributed by atoms with Crippen molar-refractivity contribution in [2.45, 2.75) is 31.7 Å². The highest BCUT2D eigenvalue weighted by Crippen LogP contribution is 2.19. The maximum atomic E-state index is 12.7. The van der Waals surface area contributed by atoms with Crippen molar-refractivity contribution in [1.82, 2.24) is 9.78 Å². The van der Waals surface area contributed by atoms with E-state index in [4.69, 9.17) is 0 Å². The van der Waals surface area contributed by atoms with E-state index in [-0.39, 0.29) is 16.5 Å². The maximum Gasteiger partial charge on any atom is 0.261 e. The fraction of sp³-hybridized carbons (Fsp3) is 0.200. The number of nitrogens with zero attached hydrogens (tertiary/aromatic N) is 2. The van der Waals surface area contributed by atoms with Gasteiger partial charge in [0.2, 0.25) is 0 Å². The first-order valence-electron chi connectivity index (χ1n) is 8.81. The van der Waals surface area contributed by atoms with Crippen molar-refractivity contribution in [3.05, 3.63) is 71.9 Å². The Kier molecular flexibility index (Phi) is 5.51. The minimum absolute atomic E-state index is 0.0130. The molecular weight excluding hydrogens is 376 g/mol. The van der Waals surface area contributed by atoms with Crippen molar-refractivity contribution in [1.29, 1.82) is 0 Å². The summed E-state index contributed by atoms with van der Waals surface area (Å²) in [7, 11) is -3.82. The summed E-state index contributed by atoms with van der Waals surface area (Å²) in [5, 5.41) is 6.94. The molecular formula is C20H22N4O3S. The standard InChI is InChI=1S/C20H22N4O3S/c1-14(2)24-19(10-11-21-24)22-20(25)16-7-5-9-18(13-16)28(26,27)23-17-8-4-6-15(3)12-17/h4-14,23H,1-3H3,(H,22,25). The van der Waals surface area contributed by atoms with Gasteiger partial charge in [0, 0.05) is 23.4 Å². The predicted octanol–water partition coefficient (Wildman–Crippen LogP) is 3.83. The van der Waals surface area contributed by atoms with Crippen LogP contribution in [0.3, 0.4) is 0 Å². The maximum absolute atomic E-state index is 12.7. The van der Waals surface area contributed by atoms with Crippen LogP contribution in [0.2, 0.25) is 0 Å². The lowest BCUT2D eigenvalue weighted by atomic mass is 10.2. The summed E-state index contributed by atoms with van der Waals surface area (Å²) in [5.74, 6) is 0.140. The summed E-state index contributed by atoms with van der Waals surface area (Å²) in [6.45, 7) is 5.78. The molecule has 0 aliphatic carbocycles. The van der Waals surface area contributed by atoms with Crippen molar-refractivity contribution < 1.29 is 13.2 Å². The third kappa shape index (κ3) is 4.40. The Bertz CT molecular complexity index is 1100. The minimum Gasteiger partial charge on any atom is -0.307 e. The number of aryl methyl sites for hydroxylation is 1. The molecule has 2 N–H and O–H groups in total. The molecule has 0 fully saturated rings. The van der Waals surface area contributed by atoms with Crippen LogP contribution in [0.25, 0.3) is 0 Å². The molecule has 0 bridgehead atoms. The Morgan fingerprint density at radius 1 is 1.07 bits per heavy atom. The van der Waals surface area contributed by atoms with E-state index in [1.807, 2.05) is 26.8 Å². The summed E-state index contributed by atoms with van der Waals surface area (Å²) in [4.78, 5) is 12.6. The Hall–Kier alpha value is -3.13. The third-order valence-electron chi connectivity index (χ3n) is 4.08. The van der Waals surface area contributed by atoms with Crippen LogP contribution in [-0.4, -0.2) is 24.1 Å². The van der Waals surface area contributed by atoms with Crippen LogP contribution in [0.15, 0.2) is 65.7 Å². The van der Waals surface area contributed by atoms with Crippen molar-refractivity contribution in [3.8, 4) is 0 Å². The van der Waals surface area contributed by atoms with Crippen LogP contribution in [-0.2, 0) is 10.0 Å². The van der Waals surface area contributed by atoms with E-state index in [1.54, 1.807) is 47.3 Å². The smallest absolute Gasteiger partial charge is 0.261 e. The van der Waals surface area contributed by atoms with E-state index < -0.39 is 15.9 Å². The van der Waals surface area contributed by atoms with E-state index in [0.717, 1.165) is 5.56 Å². The van der Waals surface area contributed by atoms with Crippen LogP contribution in [0.5, 0.6) is 0 Å². The molecule has 2 aromatic carbocycles. The van der Waals surface area contributed by atoms with Gasteiger partial charge in [0.15, 0.2) is 0 Å². The van der Waals surface area contributed by atoms with Gasteiger partial charge in [-0.1, -0.05) is 18.2 Å². The summed E-state index contributed by atoms with van der Waals surface area (Å²) < 4.78 is 29.6. The fourth-order valence-corrected chi connectivity index (χ4v) is 3.84. The molecule has 1 heterocycles. The number of carbonyl (C=O) groups is 1. The Morgan fingerprint density at radius 2 is 1.82 bits per heavy atom. The van der Waals surface area contributed by atoms with Crippen molar-refractivity contribution in [2.24, 2.45) is 0 Å². The number of hydrogen-bond donors (Lipinski definition) is 2. The molecule has 0 saturated heterocycles. The zero-order valence-corrected chi connectivity index (χ0v) is 16.7. The summed E-state index contributed by atoms with van der Waals surface area (Å²) in [6.07, 6.45) is 1.60. The molecule has 3 aromatic rings. The number of hydrogen-bond acceptors (Lipinski definition) is 4. The van der Waals surface area contributed by atoms with Crippen LogP contribution in [0.4, 0.5) is 11.5 Å². The average Bonchev–Trinajstić information content (AvgIpc) is 3.10. The molecule has 0 saturated carbocycles. The van der Waals surface area contributed by atoms with Gasteiger partial charge in [0.1, 0.15) is 5.82 Å². The van der Waals surface area contributed by atoms with E-state index in [0.29, 0.717) is 11.5 Å². The number of carbonyl (C=O) groups excluding carboxylic acids is 1. The number of sulfonamides is 1. The van der Waals surface area contributed by atoms with Crippen LogP contribution in [0, 0.1) is 6.92 Å². The molecule has 1 aromatic heterocycles. The number of rotatable bonds is 6. The number of anilines is 2. The second kappa shape index (κ2) is 7.85. The highest BCUT2D eigenvalue weighted by atomic mass is 32.2. The van der Waals surface area contributed by atoms with Gasteiger partial charge in [-0.05, 0) is 56.7 Å². The third-order valence-corrected chi connectivity index (χ3v) is 5.46. The first kappa shape index (κ1) is 19.6. The van der Waals surface area contributed by atoms with E-state index in [1.165, 1.54) is 12.1 Å². The molecule has 0 aliphatic rings. The van der Waals surface area contributed by atoms with Gasteiger partial charge in [0.05, 0.1) is 11.1 Å². The molecule has 8 heteroatoms. The van der Waals surface area contributed by atoms with Gasteiger partial charge >= 0.3 is 0 Å². The van der Waals surface area contributed by atoms with Gasteiger partial charge in [-0.15, -0.1) is 0 Å². The predicted molar refractivity (Wildman–Crippen MR) is 109 cm³/mol. The lowest BCUT2D eigenvalue weighted by molar-refractivity contribution is 0.102. The van der Waals surface area contributed by atoms with E-state index in [2.05, 4.69) is 15.1 Å². The van der Waals surface area contributed by atoms with Gasteiger partial charge < -0.3 is 5.32 Å². The summed E-state index contributed by atoms with van der Waals surface area (Å²) in [5.41, 5.74) is 1.65. The number of nitrogens with one attached hydrogen (secondary N) is 2. The number of amides is 1. The Morgan fingerprint density at radius 3 is 2.54 bits per heavy atom. The first-order valence-corrected chi connectivity index (χ1v) is 10.3. The Labute approximate surface area is 164 Å². The van der Waals surface area contributed by atoms with Crippen LogP contribution in [0.1, 0.15) is 35.8 Å². The number of aromatic nitrogens is 2. The first-order chi connectivity index (χ1) is 13.3. The molecule has 0 aliphatic heterocycles. The minimum atomic E-state index is -3.82. The molecule has 0 unspecified atom stereocenters. The monoisotopic (exact) mass is 398 g/mol. The highest BCUT2D eigenvalue weighted by Gasteiger charge is 2.17. The van der Waals surface area contributed by atoms with Crippen LogP contribution >= 0.6 is 0 Å². The number of benzene rings is 2. The molecule has 1 amide bonds. The second-order valence-electron chi connectivity index (χ2n) is 6.71. The molecule has 0 spiro atoms. The zero-order valence-electron chi connectivity index (χ0n) is 15.9. The normalized spacial score (nSPS) is 11.4. The van der Waals surface area contributed by atoms with Crippen molar-refractivity contribution in [3.63, 3.8) is 0 Å². The van der Waals surface area contributed by atoms with E-state index in [9.17, 15) is 13.2 Å². The highest BCUT2D eigenvalue weighted by molar-refractivity contribution is 7.92. The van der Waals surface area contributed by atoms with Gasteiger partial charge in [-0.25, -0.2) is 13.1 Å². The zero-order chi connectivity index (χ0) is 20.3. The largest absolute Gasteiger partial charge is 0.307 e. The molecule has 28 heavy (non-hydrogen) atoms. The molecule has 0 radical (unpaired) electrons. The quantitative estimate of drug-likeness (QED) is 0.660. The summed E-state index contributed by atoms with van der Waals surface area (Å²) in [6, 6.07) is 14.7. The lowest BCUT2D eigenvalue weighted by Gasteiger charge is -2.12. The van der Waals surface area contributed by atoms with E-state index >= 15 is 0 Å². The van der Waals surface area contributed by atoms with Gasteiger partial charge in [-0.3, -0.25) is 9.52 Å².